The Morgan fingerprint density at radius 1 is 1.44 bits per heavy atom. The van der Waals surface area contributed by atoms with Gasteiger partial charge in [0.25, 0.3) is 0 Å². The lowest BCUT2D eigenvalue weighted by Gasteiger charge is -2.36. The predicted octanol–water partition coefficient (Wildman–Crippen LogP) is 3.53. The van der Waals surface area contributed by atoms with Gasteiger partial charge in [0, 0.05) is 34.8 Å². The lowest BCUT2D eigenvalue weighted by Crippen LogP contribution is -2.50. The Balaban J connectivity index is 1.81. The molecule has 14 heteroatoms. The van der Waals surface area contributed by atoms with Gasteiger partial charge in [-0.1, -0.05) is 17.7 Å². The molecule has 0 bridgehead atoms. The molecule has 1 saturated heterocycles. The third-order valence-electron chi connectivity index (χ3n) is 5.47. The fraction of sp³-hybridized carbons (Fsp3) is 0.364. The van der Waals surface area contributed by atoms with E-state index < -0.39 is 30.2 Å². The van der Waals surface area contributed by atoms with Gasteiger partial charge in [-0.3, -0.25) is 9.89 Å². The summed E-state index contributed by atoms with van der Waals surface area (Å²) in [7, 11) is 1.24. The molecule has 2 aliphatic heterocycles. The lowest BCUT2D eigenvalue weighted by molar-refractivity contribution is -0.136. The Hall–Kier alpha value is -2.71. The lowest BCUT2D eigenvalue weighted by atomic mass is 9.95. The van der Waals surface area contributed by atoms with Crippen molar-refractivity contribution >= 4 is 52.7 Å². The minimum absolute atomic E-state index is 0.0326. The van der Waals surface area contributed by atoms with Crippen LogP contribution in [0.4, 0.5) is 9.18 Å². The van der Waals surface area contributed by atoms with Crippen molar-refractivity contribution in [2.24, 2.45) is 4.99 Å². The normalized spacial score (nSPS) is 20.5. The van der Waals surface area contributed by atoms with Crippen molar-refractivity contribution in [1.82, 2.24) is 15.2 Å². The number of nitrogens with zero attached hydrogens (tertiary/aromatic N) is 3. The van der Waals surface area contributed by atoms with Crippen molar-refractivity contribution in [2.75, 3.05) is 39.7 Å². The summed E-state index contributed by atoms with van der Waals surface area (Å²) in [6.07, 6.45) is -0.431. The highest BCUT2D eigenvalue weighted by Gasteiger charge is 2.36. The largest absolute Gasteiger partial charge is 0.507 e. The van der Waals surface area contributed by atoms with Crippen molar-refractivity contribution in [3.05, 3.63) is 56.3 Å². The number of carbonyl (C=O) groups excluding carboxylic acids is 1. The van der Waals surface area contributed by atoms with Crippen molar-refractivity contribution in [1.29, 1.82) is 0 Å². The number of benzene rings is 1. The first-order valence-electron chi connectivity index (χ1n) is 10.6. The molecule has 0 saturated carbocycles. The average molecular weight is 557 g/mol. The van der Waals surface area contributed by atoms with Gasteiger partial charge in [-0.05, 0) is 18.4 Å². The number of aromatic nitrogens is 1. The van der Waals surface area contributed by atoms with E-state index in [4.69, 9.17) is 35.9 Å². The Labute approximate surface area is 219 Å². The van der Waals surface area contributed by atoms with Gasteiger partial charge < -0.3 is 24.6 Å². The molecule has 2 N–H and O–H groups in total. The second-order valence-corrected chi connectivity index (χ2v) is 9.73. The third kappa shape index (κ3) is 5.81. The van der Waals surface area contributed by atoms with Crippen LogP contribution in [-0.4, -0.2) is 78.8 Å². The van der Waals surface area contributed by atoms with Crippen molar-refractivity contribution < 1.29 is 33.3 Å². The zero-order valence-corrected chi connectivity index (χ0v) is 21.6. The molecule has 0 spiro atoms. The topological polar surface area (TPSA) is 123 Å². The molecule has 2 atom stereocenters. The SMILES string of the molecule is COC(=O)C1=C(CN2CCOC[C@@H]2OC(=O)O)NC(c2nc(SC)cs2)=N[C@H]1c1ccc(F)cc1Cl. The number of halogens is 2. The van der Waals surface area contributed by atoms with Crippen LogP contribution in [0, 0.1) is 5.82 Å². The predicted molar refractivity (Wildman–Crippen MR) is 132 cm³/mol. The van der Waals surface area contributed by atoms with Crippen LogP contribution in [0.2, 0.25) is 5.02 Å². The maximum atomic E-state index is 13.8. The molecular formula is C22H22ClFN4O6S2. The van der Waals surface area contributed by atoms with Gasteiger partial charge in [0.05, 0.1) is 25.9 Å². The third-order valence-corrected chi connectivity index (χ3v) is 7.42. The molecule has 2 aromatic rings. The van der Waals surface area contributed by atoms with E-state index in [1.54, 1.807) is 4.90 Å². The quantitative estimate of drug-likeness (QED) is 0.387. The minimum Gasteiger partial charge on any atom is -0.466 e. The minimum atomic E-state index is -1.44. The number of carboxylic acid groups (broad SMARTS) is 1. The molecule has 10 nitrogen and oxygen atoms in total. The zero-order valence-electron chi connectivity index (χ0n) is 19.2. The van der Waals surface area contributed by atoms with Gasteiger partial charge in [0.1, 0.15) is 16.9 Å². The first-order chi connectivity index (χ1) is 17.3. The van der Waals surface area contributed by atoms with Crippen LogP contribution in [0.5, 0.6) is 0 Å². The summed E-state index contributed by atoms with van der Waals surface area (Å²) in [4.78, 5) is 35.3. The summed E-state index contributed by atoms with van der Waals surface area (Å²) >= 11 is 9.22. The Morgan fingerprint density at radius 2 is 2.25 bits per heavy atom. The Kier molecular flexibility index (Phi) is 8.46. The van der Waals surface area contributed by atoms with E-state index in [9.17, 15) is 14.0 Å². The summed E-state index contributed by atoms with van der Waals surface area (Å²) in [5.41, 5.74) is 0.952. The van der Waals surface area contributed by atoms with E-state index in [1.807, 2.05) is 11.6 Å². The van der Waals surface area contributed by atoms with E-state index in [2.05, 4.69) is 10.3 Å². The van der Waals surface area contributed by atoms with E-state index >= 15 is 0 Å². The number of amidine groups is 1. The first kappa shape index (κ1) is 26.4. The molecule has 0 radical (unpaired) electrons. The van der Waals surface area contributed by atoms with E-state index in [0.29, 0.717) is 35.3 Å². The molecule has 0 aliphatic carbocycles. The molecule has 4 rings (SSSR count). The molecule has 1 aromatic heterocycles. The highest BCUT2D eigenvalue weighted by Crippen LogP contribution is 2.37. The van der Waals surface area contributed by atoms with Crippen molar-refractivity contribution in [3.8, 4) is 0 Å². The summed E-state index contributed by atoms with van der Waals surface area (Å²) in [5, 5.41) is 15.7. The molecule has 2 aliphatic rings. The Morgan fingerprint density at radius 3 is 2.92 bits per heavy atom. The van der Waals surface area contributed by atoms with Crippen LogP contribution in [0.3, 0.4) is 0 Å². The second-order valence-electron chi connectivity index (χ2n) is 7.63. The van der Waals surface area contributed by atoms with E-state index in [1.165, 1.54) is 42.3 Å². The van der Waals surface area contributed by atoms with Gasteiger partial charge in [-0.25, -0.2) is 19.0 Å². The van der Waals surface area contributed by atoms with Gasteiger partial charge in [0.15, 0.2) is 17.1 Å². The van der Waals surface area contributed by atoms with Gasteiger partial charge >= 0.3 is 12.1 Å². The first-order valence-corrected chi connectivity index (χ1v) is 13.1. The number of thioether (sulfide) groups is 1. The molecule has 192 valence electrons. The number of ether oxygens (including phenoxy) is 3. The van der Waals surface area contributed by atoms with E-state index in [0.717, 1.165) is 11.1 Å². The van der Waals surface area contributed by atoms with Crippen LogP contribution in [0.1, 0.15) is 16.6 Å². The number of thiazole rings is 1. The highest BCUT2D eigenvalue weighted by molar-refractivity contribution is 7.98. The number of methoxy groups -OCH3 is 1. The zero-order chi connectivity index (χ0) is 25.8. The number of hydrogen-bond donors (Lipinski definition) is 2. The molecule has 3 heterocycles. The van der Waals surface area contributed by atoms with Crippen molar-refractivity contribution in [2.45, 2.75) is 17.3 Å². The summed E-state index contributed by atoms with van der Waals surface area (Å²) in [6.45, 7) is 0.809. The summed E-state index contributed by atoms with van der Waals surface area (Å²) in [6, 6.07) is 2.92. The molecule has 36 heavy (non-hydrogen) atoms. The maximum Gasteiger partial charge on any atom is 0.507 e. The number of esters is 1. The van der Waals surface area contributed by atoms with Gasteiger partial charge in [-0.15, -0.1) is 23.1 Å². The molecule has 0 amide bonds. The van der Waals surface area contributed by atoms with Gasteiger partial charge in [-0.2, -0.15) is 0 Å². The summed E-state index contributed by atoms with van der Waals surface area (Å²) < 4.78 is 29.3. The maximum absolute atomic E-state index is 13.8. The number of hydrogen-bond acceptors (Lipinski definition) is 11. The highest BCUT2D eigenvalue weighted by atomic mass is 35.5. The monoisotopic (exact) mass is 556 g/mol. The number of rotatable bonds is 7. The van der Waals surface area contributed by atoms with Crippen LogP contribution in [0.15, 0.2) is 44.9 Å². The number of nitrogens with one attached hydrogen (secondary N) is 1. The number of aliphatic imine (C=N–C) groups is 1. The standard InChI is InChI=1S/C22H22ClFN4O6S2/c1-32-21(29)17-14(8-28-5-6-33-9-16(28)34-22(30)31)25-19(20-26-15(35-2)10-36-20)27-18(17)12-4-3-11(24)7-13(12)23/h3-4,7,10,16,18H,5-6,8-9H2,1-2H3,(H,25,27)(H,30,31)/t16-,18-/m0/s1. The van der Waals surface area contributed by atoms with Crippen LogP contribution in [0.25, 0.3) is 0 Å². The smallest absolute Gasteiger partial charge is 0.466 e. The second kappa shape index (κ2) is 11.6. The average Bonchev–Trinajstić information content (AvgIpc) is 3.34. The molecule has 1 fully saturated rings. The molecule has 0 unspecified atom stereocenters. The van der Waals surface area contributed by atoms with Gasteiger partial charge in [0.2, 0.25) is 0 Å². The Bertz CT molecular complexity index is 1220. The van der Waals surface area contributed by atoms with Crippen LogP contribution in [-0.2, 0) is 19.0 Å². The summed E-state index contributed by atoms with van der Waals surface area (Å²) in [5.74, 6) is -0.812. The van der Waals surface area contributed by atoms with E-state index in [-0.39, 0.29) is 23.7 Å². The fourth-order valence-corrected chi connectivity index (χ4v) is 5.49. The fourth-order valence-electron chi connectivity index (χ4n) is 3.81. The number of morpholine rings is 1. The van der Waals surface area contributed by atoms with Crippen LogP contribution >= 0.6 is 34.7 Å². The van der Waals surface area contributed by atoms with Crippen LogP contribution < -0.4 is 5.32 Å². The molecule has 1 aromatic carbocycles. The van der Waals surface area contributed by atoms with Crippen molar-refractivity contribution in [3.63, 3.8) is 0 Å². The molecular weight excluding hydrogens is 535 g/mol. The number of carbonyl (C=O) groups is 2.